The summed E-state index contributed by atoms with van der Waals surface area (Å²) >= 11 is 5.75. The van der Waals surface area contributed by atoms with Gasteiger partial charge in [0, 0.05) is 13.2 Å². The molecule has 0 unspecified atom stereocenters. The Morgan fingerprint density at radius 1 is 1.47 bits per heavy atom. The number of carbonyl (C=O) groups is 1. The van der Waals surface area contributed by atoms with E-state index in [1.807, 2.05) is 0 Å². The molecule has 0 fully saturated rings. The highest BCUT2D eigenvalue weighted by Gasteiger charge is 2.09. The molecule has 0 aromatic carbocycles. The Kier molecular flexibility index (Phi) is 4.48. The van der Waals surface area contributed by atoms with Gasteiger partial charge in [-0.15, -0.1) is 0 Å². The van der Waals surface area contributed by atoms with Crippen molar-refractivity contribution < 1.29 is 9.90 Å². The summed E-state index contributed by atoms with van der Waals surface area (Å²) in [5.74, 6) is 0.223. The SMILES string of the molecule is O=C(CNc1nc(Cl)nc2nc[nH]c12)NCCCO. The Hall–Kier alpha value is -1.93. The van der Waals surface area contributed by atoms with Crippen LogP contribution in [0.2, 0.25) is 5.28 Å². The lowest BCUT2D eigenvalue weighted by Crippen LogP contribution is -2.31. The molecule has 0 spiro atoms. The number of nitrogens with zero attached hydrogens (tertiary/aromatic N) is 3. The molecule has 19 heavy (non-hydrogen) atoms. The zero-order valence-electron chi connectivity index (χ0n) is 9.98. The van der Waals surface area contributed by atoms with E-state index in [-0.39, 0.29) is 24.3 Å². The number of nitrogens with one attached hydrogen (secondary N) is 3. The van der Waals surface area contributed by atoms with Crippen molar-refractivity contribution in [3.63, 3.8) is 0 Å². The van der Waals surface area contributed by atoms with Crippen LogP contribution in [0.5, 0.6) is 0 Å². The summed E-state index contributed by atoms with van der Waals surface area (Å²) in [7, 11) is 0. The highest BCUT2D eigenvalue weighted by atomic mass is 35.5. The van der Waals surface area contributed by atoms with Gasteiger partial charge in [0.15, 0.2) is 11.5 Å². The molecule has 102 valence electrons. The molecule has 0 atom stereocenters. The van der Waals surface area contributed by atoms with Crippen molar-refractivity contribution in [3.8, 4) is 0 Å². The highest BCUT2D eigenvalue weighted by molar-refractivity contribution is 6.28. The average Bonchev–Trinajstić information content (AvgIpc) is 2.84. The minimum Gasteiger partial charge on any atom is -0.396 e. The summed E-state index contributed by atoms with van der Waals surface area (Å²) < 4.78 is 0. The minimum atomic E-state index is -0.198. The first kappa shape index (κ1) is 13.5. The van der Waals surface area contributed by atoms with Crippen LogP contribution in [0.25, 0.3) is 11.2 Å². The predicted molar refractivity (Wildman–Crippen MR) is 69.9 cm³/mol. The van der Waals surface area contributed by atoms with Gasteiger partial charge in [-0.2, -0.15) is 9.97 Å². The van der Waals surface area contributed by atoms with Gasteiger partial charge in [0.05, 0.1) is 12.9 Å². The molecule has 2 aromatic rings. The maximum atomic E-state index is 11.5. The highest BCUT2D eigenvalue weighted by Crippen LogP contribution is 2.17. The summed E-state index contributed by atoms with van der Waals surface area (Å²) in [4.78, 5) is 26.3. The van der Waals surface area contributed by atoms with Crippen molar-refractivity contribution >= 4 is 34.5 Å². The van der Waals surface area contributed by atoms with E-state index in [4.69, 9.17) is 16.7 Å². The van der Waals surface area contributed by atoms with Gasteiger partial charge in [-0.05, 0) is 18.0 Å². The zero-order chi connectivity index (χ0) is 13.7. The number of amides is 1. The van der Waals surface area contributed by atoms with Gasteiger partial charge in [0.2, 0.25) is 11.2 Å². The second kappa shape index (κ2) is 6.30. The molecule has 0 bridgehead atoms. The lowest BCUT2D eigenvalue weighted by atomic mass is 10.4. The smallest absolute Gasteiger partial charge is 0.239 e. The van der Waals surface area contributed by atoms with Crippen LogP contribution in [-0.4, -0.2) is 50.6 Å². The lowest BCUT2D eigenvalue weighted by molar-refractivity contribution is -0.119. The number of hydrogen-bond donors (Lipinski definition) is 4. The fourth-order valence-electron chi connectivity index (χ4n) is 1.47. The first-order valence-electron chi connectivity index (χ1n) is 5.68. The van der Waals surface area contributed by atoms with Crippen LogP contribution >= 0.6 is 11.6 Å². The van der Waals surface area contributed by atoms with Crippen LogP contribution in [0.15, 0.2) is 6.33 Å². The number of aromatic nitrogens is 4. The Morgan fingerprint density at radius 3 is 3.11 bits per heavy atom. The maximum absolute atomic E-state index is 11.5. The maximum Gasteiger partial charge on any atom is 0.239 e. The average molecular weight is 285 g/mol. The molecule has 0 aliphatic rings. The number of H-pyrrole nitrogens is 1. The second-order valence-corrected chi connectivity index (χ2v) is 4.06. The summed E-state index contributed by atoms with van der Waals surface area (Å²) in [6, 6.07) is 0. The molecule has 9 heteroatoms. The number of carbonyl (C=O) groups excluding carboxylic acids is 1. The van der Waals surface area contributed by atoms with Gasteiger partial charge in [0.25, 0.3) is 0 Å². The Balaban J connectivity index is 1.97. The van der Waals surface area contributed by atoms with Crippen LogP contribution in [0.3, 0.4) is 0 Å². The van der Waals surface area contributed by atoms with E-state index in [1.165, 1.54) is 6.33 Å². The molecule has 0 aliphatic carbocycles. The number of halogens is 1. The predicted octanol–water partition coefficient (Wildman–Crippen LogP) is -0.0832. The molecular weight excluding hydrogens is 272 g/mol. The van der Waals surface area contributed by atoms with Gasteiger partial charge in [-0.3, -0.25) is 4.79 Å². The molecule has 0 aliphatic heterocycles. The topological polar surface area (TPSA) is 116 Å². The van der Waals surface area contributed by atoms with E-state index in [2.05, 4.69) is 30.6 Å². The van der Waals surface area contributed by atoms with Crippen molar-refractivity contribution in [1.29, 1.82) is 0 Å². The van der Waals surface area contributed by atoms with Crippen LogP contribution < -0.4 is 10.6 Å². The van der Waals surface area contributed by atoms with Gasteiger partial charge >= 0.3 is 0 Å². The minimum absolute atomic E-state index is 0.0456. The van der Waals surface area contributed by atoms with Crippen LogP contribution in [0, 0.1) is 0 Å². The van der Waals surface area contributed by atoms with E-state index in [1.54, 1.807) is 0 Å². The van der Waals surface area contributed by atoms with E-state index < -0.39 is 0 Å². The molecule has 8 nitrogen and oxygen atoms in total. The monoisotopic (exact) mass is 284 g/mol. The van der Waals surface area contributed by atoms with Crippen molar-refractivity contribution in [2.75, 3.05) is 25.0 Å². The van der Waals surface area contributed by atoms with Gasteiger partial charge in [-0.1, -0.05) is 0 Å². The first-order valence-corrected chi connectivity index (χ1v) is 6.06. The largest absolute Gasteiger partial charge is 0.396 e. The van der Waals surface area contributed by atoms with Crippen LogP contribution in [0.1, 0.15) is 6.42 Å². The number of anilines is 1. The van der Waals surface area contributed by atoms with E-state index >= 15 is 0 Å². The molecule has 0 saturated heterocycles. The molecule has 2 heterocycles. The molecule has 0 saturated carbocycles. The molecule has 0 radical (unpaired) electrons. The fraction of sp³-hybridized carbons (Fsp3) is 0.400. The normalized spacial score (nSPS) is 10.6. The molecule has 4 N–H and O–H groups in total. The van der Waals surface area contributed by atoms with Gasteiger partial charge in [0.1, 0.15) is 5.52 Å². The quantitative estimate of drug-likeness (QED) is 0.435. The van der Waals surface area contributed by atoms with Crippen LogP contribution in [-0.2, 0) is 4.79 Å². The van der Waals surface area contributed by atoms with Crippen LogP contribution in [0.4, 0.5) is 5.82 Å². The Labute approximate surface area is 113 Å². The summed E-state index contributed by atoms with van der Waals surface area (Å²) in [5.41, 5.74) is 1.02. The third-order valence-corrected chi connectivity index (χ3v) is 2.50. The number of imidazole rings is 1. The molecule has 2 aromatic heterocycles. The third-order valence-electron chi connectivity index (χ3n) is 2.33. The first-order chi connectivity index (χ1) is 9.20. The fourth-order valence-corrected chi connectivity index (χ4v) is 1.63. The number of rotatable bonds is 6. The second-order valence-electron chi connectivity index (χ2n) is 3.72. The summed E-state index contributed by atoms with van der Waals surface area (Å²) in [5, 5.41) is 14.2. The summed E-state index contributed by atoms with van der Waals surface area (Å²) in [6.07, 6.45) is 2.00. The Morgan fingerprint density at radius 2 is 2.32 bits per heavy atom. The summed E-state index contributed by atoms with van der Waals surface area (Å²) in [6.45, 7) is 0.526. The number of aromatic amines is 1. The van der Waals surface area contributed by atoms with Crippen molar-refractivity contribution in [1.82, 2.24) is 25.3 Å². The van der Waals surface area contributed by atoms with Gasteiger partial charge in [-0.25, -0.2) is 4.98 Å². The lowest BCUT2D eigenvalue weighted by Gasteiger charge is -2.07. The number of aliphatic hydroxyl groups excluding tert-OH is 1. The number of fused-ring (bicyclic) bond motifs is 1. The van der Waals surface area contributed by atoms with E-state index in [0.29, 0.717) is 29.9 Å². The molecule has 2 rings (SSSR count). The van der Waals surface area contributed by atoms with Crippen molar-refractivity contribution in [3.05, 3.63) is 11.6 Å². The van der Waals surface area contributed by atoms with E-state index in [9.17, 15) is 4.79 Å². The zero-order valence-corrected chi connectivity index (χ0v) is 10.7. The third kappa shape index (κ3) is 3.52. The Bertz CT molecular complexity index is 572. The van der Waals surface area contributed by atoms with E-state index in [0.717, 1.165) is 0 Å². The van der Waals surface area contributed by atoms with Crippen molar-refractivity contribution in [2.45, 2.75) is 6.42 Å². The molecule has 1 amide bonds. The standard InChI is InChI=1S/C10H13ClN6O2/c11-10-16-8(7-9(17-10)15-5-14-7)13-4-6(19)12-2-1-3-18/h5,18H,1-4H2,(H,12,19)(H2,13,14,15,16,17). The number of aliphatic hydroxyl groups is 1. The number of hydrogen-bond acceptors (Lipinski definition) is 6. The van der Waals surface area contributed by atoms with Gasteiger partial charge < -0.3 is 20.7 Å². The molecular formula is C10H13ClN6O2. The van der Waals surface area contributed by atoms with Crippen molar-refractivity contribution in [2.24, 2.45) is 0 Å².